The molecule has 3 aromatic rings. The number of amides is 3. The van der Waals surface area contributed by atoms with Crippen molar-refractivity contribution in [1.29, 1.82) is 0 Å². The van der Waals surface area contributed by atoms with E-state index < -0.39 is 0 Å². The van der Waals surface area contributed by atoms with Crippen LogP contribution in [-0.4, -0.2) is 48.6 Å². The number of likely N-dealkylation sites (N-methyl/N-ethyl adjacent to an activating group) is 1. The highest BCUT2D eigenvalue weighted by molar-refractivity contribution is 5.94. The van der Waals surface area contributed by atoms with Gasteiger partial charge in [-0.2, -0.15) is 0 Å². The van der Waals surface area contributed by atoms with Crippen molar-refractivity contribution in [2.45, 2.75) is 26.9 Å². The highest BCUT2D eigenvalue weighted by Gasteiger charge is 2.08. The molecule has 3 rings (SSSR count). The van der Waals surface area contributed by atoms with Crippen LogP contribution >= 0.6 is 0 Å². The number of hydrogen-bond acceptors (Lipinski definition) is 3. The van der Waals surface area contributed by atoms with Gasteiger partial charge in [0.15, 0.2) is 0 Å². The van der Waals surface area contributed by atoms with Crippen LogP contribution in [0.1, 0.15) is 29.8 Å². The van der Waals surface area contributed by atoms with Crippen LogP contribution in [0.2, 0.25) is 0 Å². The summed E-state index contributed by atoms with van der Waals surface area (Å²) in [7, 11) is 3.93. The van der Waals surface area contributed by atoms with Gasteiger partial charge in [-0.3, -0.25) is 4.79 Å². The van der Waals surface area contributed by atoms with Crippen LogP contribution in [0.15, 0.2) is 54.7 Å². The number of carbonyl (C=O) groups is 2. The lowest BCUT2D eigenvalue weighted by atomic mass is 10.1. The molecular formula is C25H33N5O2. The Hall–Kier alpha value is -3.32. The van der Waals surface area contributed by atoms with Gasteiger partial charge in [0.05, 0.1) is 0 Å². The zero-order valence-electron chi connectivity index (χ0n) is 19.3. The fourth-order valence-electron chi connectivity index (χ4n) is 3.51. The van der Waals surface area contributed by atoms with Crippen LogP contribution in [0.5, 0.6) is 0 Å². The lowest BCUT2D eigenvalue weighted by Crippen LogP contribution is -2.31. The number of rotatable bonds is 9. The van der Waals surface area contributed by atoms with Crippen LogP contribution in [0.3, 0.4) is 0 Å². The number of nitrogens with one attached hydrogen (secondary N) is 3. The minimum Gasteiger partial charge on any atom is -0.351 e. The monoisotopic (exact) mass is 435 g/mol. The van der Waals surface area contributed by atoms with Gasteiger partial charge >= 0.3 is 6.03 Å². The maximum atomic E-state index is 12.4. The Bertz CT molecular complexity index is 1070. The summed E-state index contributed by atoms with van der Waals surface area (Å²) in [6, 6.07) is 15.0. The number of benzene rings is 2. The summed E-state index contributed by atoms with van der Waals surface area (Å²) in [5.41, 5.74) is 3.35. The van der Waals surface area contributed by atoms with Gasteiger partial charge in [0.25, 0.3) is 5.91 Å². The molecule has 1 heterocycles. The molecule has 0 radical (unpaired) electrons. The molecule has 0 atom stereocenters. The van der Waals surface area contributed by atoms with E-state index in [0.717, 1.165) is 35.2 Å². The van der Waals surface area contributed by atoms with Gasteiger partial charge in [-0.05, 0) is 62.0 Å². The standard InChI is InChI=1S/C25H33N5O2/c1-18(2)17-30-12-10-20-15-22(8-9-23(20)30)28-25(32)27-16-19-6-5-7-21(14-19)24(31)26-11-13-29(3)4/h5-10,12,14-15,18H,11,13,16-17H2,1-4H3,(H,26,31)(H2,27,28,32). The number of fused-ring (bicyclic) bond motifs is 1. The normalized spacial score (nSPS) is 11.2. The predicted molar refractivity (Wildman–Crippen MR) is 130 cm³/mol. The van der Waals surface area contributed by atoms with Gasteiger partial charge in [0, 0.05) is 54.5 Å². The molecule has 1 aromatic heterocycles. The molecule has 2 aromatic carbocycles. The summed E-state index contributed by atoms with van der Waals surface area (Å²) >= 11 is 0. The minimum atomic E-state index is -0.285. The van der Waals surface area contributed by atoms with E-state index in [1.807, 2.05) is 49.3 Å². The minimum absolute atomic E-state index is 0.115. The van der Waals surface area contributed by atoms with Crippen molar-refractivity contribution in [3.05, 3.63) is 65.9 Å². The van der Waals surface area contributed by atoms with E-state index >= 15 is 0 Å². The van der Waals surface area contributed by atoms with Crippen molar-refractivity contribution in [2.24, 2.45) is 5.92 Å². The summed E-state index contributed by atoms with van der Waals surface area (Å²) in [6.45, 7) is 7.04. The highest BCUT2D eigenvalue weighted by atomic mass is 16.2. The van der Waals surface area contributed by atoms with E-state index in [4.69, 9.17) is 0 Å². The quantitative estimate of drug-likeness (QED) is 0.477. The zero-order chi connectivity index (χ0) is 23.1. The Morgan fingerprint density at radius 2 is 1.84 bits per heavy atom. The van der Waals surface area contributed by atoms with E-state index in [-0.39, 0.29) is 11.9 Å². The van der Waals surface area contributed by atoms with Gasteiger partial charge in [-0.1, -0.05) is 26.0 Å². The van der Waals surface area contributed by atoms with Crippen LogP contribution in [0, 0.1) is 5.92 Å². The Morgan fingerprint density at radius 3 is 2.59 bits per heavy atom. The maximum Gasteiger partial charge on any atom is 0.319 e. The third-order valence-electron chi connectivity index (χ3n) is 5.08. The average molecular weight is 436 g/mol. The zero-order valence-corrected chi connectivity index (χ0v) is 19.3. The molecule has 0 aliphatic heterocycles. The first-order valence-corrected chi connectivity index (χ1v) is 11.0. The molecule has 3 amide bonds. The fourth-order valence-corrected chi connectivity index (χ4v) is 3.51. The molecule has 0 saturated heterocycles. The lowest BCUT2D eigenvalue weighted by Gasteiger charge is -2.12. The number of hydrogen-bond donors (Lipinski definition) is 3. The van der Waals surface area contributed by atoms with Gasteiger partial charge in [-0.15, -0.1) is 0 Å². The van der Waals surface area contributed by atoms with Crippen molar-refractivity contribution in [1.82, 2.24) is 20.1 Å². The number of urea groups is 1. The molecule has 32 heavy (non-hydrogen) atoms. The van der Waals surface area contributed by atoms with Crippen molar-refractivity contribution in [3.8, 4) is 0 Å². The SMILES string of the molecule is CC(C)Cn1ccc2cc(NC(=O)NCc3cccc(C(=O)NCCN(C)C)c3)ccc21. The van der Waals surface area contributed by atoms with E-state index in [1.54, 1.807) is 12.1 Å². The van der Waals surface area contributed by atoms with Crippen molar-refractivity contribution < 1.29 is 9.59 Å². The average Bonchev–Trinajstić information content (AvgIpc) is 3.13. The first kappa shape index (κ1) is 23.3. The third-order valence-corrected chi connectivity index (χ3v) is 5.08. The van der Waals surface area contributed by atoms with Crippen molar-refractivity contribution >= 4 is 28.5 Å². The van der Waals surface area contributed by atoms with E-state index in [2.05, 4.69) is 46.6 Å². The topological polar surface area (TPSA) is 78.4 Å². The Kier molecular flexibility index (Phi) is 7.89. The highest BCUT2D eigenvalue weighted by Crippen LogP contribution is 2.21. The summed E-state index contributed by atoms with van der Waals surface area (Å²) in [4.78, 5) is 26.7. The first-order chi connectivity index (χ1) is 15.3. The Balaban J connectivity index is 1.54. The van der Waals surface area contributed by atoms with E-state index in [1.165, 1.54) is 0 Å². The third kappa shape index (κ3) is 6.59. The van der Waals surface area contributed by atoms with Gasteiger partial charge in [0.1, 0.15) is 0 Å². The van der Waals surface area contributed by atoms with Crippen molar-refractivity contribution in [3.63, 3.8) is 0 Å². The summed E-state index contributed by atoms with van der Waals surface area (Å²) in [5.74, 6) is 0.452. The Labute approximate surface area is 189 Å². The fraction of sp³-hybridized carbons (Fsp3) is 0.360. The van der Waals surface area contributed by atoms with Gasteiger partial charge in [0.2, 0.25) is 0 Å². The molecule has 0 unspecified atom stereocenters. The molecule has 7 heteroatoms. The van der Waals surface area contributed by atoms with E-state index in [9.17, 15) is 9.59 Å². The largest absolute Gasteiger partial charge is 0.351 e. The van der Waals surface area contributed by atoms with Crippen LogP contribution in [0.4, 0.5) is 10.5 Å². The van der Waals surface area contributed by atoms with Gasteiger partial charge in [-0.25, -0.2) is 4.79 Å². The molecule has 0 saturated carbocycles. The molecule has 3 N–H and O–H groups in total. The molecule has 0 spiro atoms. The number of nitrogens with zero attached hydrogens (tertiary/aromatic N) is 2. The molecule has 0 fully saturated rings. The predicted octanol–water partition coefficient (Wildman–Crippen LogP) is 3.91. The molecule has 0 aliphatic carbocycles. The van der Waals surface area contributed by atoms with Crippen LogP contribution in [0.25, 0.3) is 10.9 Å². The van der Waals surface area contributed by atoms with Gasteiger partial charge < -0.3 is 25.4 Å². The van der Waals surface area contributed by atoms with Crippen LogP contribution in [-0.2, 0) is 13.1 Å². The number of aromatic nitrogens is 1. The lowest BCUT2D eigenvalue weighted by molar-refractivity contribution is 0.0951. The maximum absolute atomic E-state index is 12.4. The number of carbonyl (C=O) groups excluding carboxylic acids is 2. The molecule has 0 aliphatic rings. The molecule has 170 valence electrons. The van der Waals surface area contributed by atoms with Crippen molar-refractivity contribution in [2.75, 3.05) is 32.5 Å². The second-order valence-corrected chi connectivity index (χ2v) is 8.70. The Morgan fingerprint density at radius 1 is 1.03 bits per heavy atom. The molecule has 0 bridgehead atoms. The van der Waals surface area contributed by atoms with E-state index in [0.29, 0.717) is 24.6 Å². The number of anilines is 1. The summed E-state index contributed by atoms with van der Waals surface area (Å²) in [6.07, 6.45) is 2.08. The summed E-state index contributed by atoms with van der Waals surface area (Å²) < 4.78 is 2.23. The second-order valence-electron chi connectivity index (χ2n) is 8.70. The molecular weight excluding hydrogens is 402 g/mol. The van der Waals surface area contributed by atoms with Crippen LogP contribution < -0.4 is 16.0 Å². The molecule has 7 nitrogen and oxygen atoms in total. The first-order valence-electron chi connectivity index (χ1n) is 11.0. The summed E-state index contributed by atoms with van der Waals surface area (Å²) in [5, 5.41) is 9.74. The second kappa shape index (κ2) is 10.8. The smallest absolute Gasteiger partial charge is 0.319 e.